The molecule has 0 aromatic carbocycles. The van der Waals surface area contributed by atoms with Gasteiger partial charge in [-0.25, -0.2) is 0 Å². The van der Waals surface area contributed by atoms with Crippen molar-refractivity contribution in [3.8, 4) is 0 Å². The van der Waals surface area contributed by atoms with E-state index in [-0.39, 0.29) is 5.54 Å². The quantitative estimate of drug-likeness (QED) is 0.514. The van der Waals surface area contributed by atoms with Gasteiger partial charge in [-0.05, 0) is 5.92 Å². The summed E-state index contributed by atoms with van der Waals surface area (Å²) < 4.78 is 0. The third-order valence-electron chi connectivity index (χ3n) is 2.89. The van der Waals surface area contributed by atoms with E-state index in [0.717, 1.165) is 13.1 Å². The fraction of sp³-hybridized carbons (Fsp3) is 0.600. The van der Waals surface area contributed by atoms with Crippen molar-refractivity contribution in [3.63, 3.8) is 0 Å². The molecule has 0 atom stereocenters. The predicted molar refractivity (Wildman–Crippen MR) is 47.4 cm³/mol. The van der Waals surface area contributed by atoms with Gasteiger partial charge in [-0.2, -0.15) is 0 Å². The van der Waals surface area contributed by atoms with E-state index in [1.54, 1.807) is 0 Å². The van der Waals surface area contributed by atoms with Crippen molar-refractivity contribution in [1.82, 2.24) is 4.90 Å². The maximum Gasteiger partial charge on any atom is 0.0605 e. The van der Waals surface area contributed by atoms with E-state index in [0.29, 0.717) is 5.92 Å². The van der Waals surface area contributed by atoms with Crippen molar-refractivity contribution in [3.05, 3.63) is 24.3 Å². The Morgan fingerprint density at radius 2 is 1.73 bits per heavy atom. The first-order valence-electron chi connectivity index (χ1n) is 4.36. The summed E-state index contributed by atoms with van der Waals surface area (Å²) in [6.45, 7) is 6.84. The Labute approximate surface area is 68.4 Å². The van der Waals surface area contributed by atoms with E-state index < -0.39 is 0 Å². The van der Waals surface area contributed by atoms with Crippen LogP contribution in [0.2, 0.25) is 0 Å². The fourth-order valence-corrected chi connectivity index (χ4v) is 2.14. The Morgan fingerprint density at radius 1 is 1.18 bits per heavy atom. The van der Waals surface area contributed by atoms with Gasteiger partial charge >= 0.3 is 0 Å². The van der Waals surface area contributed by atoms with Gasteiger partial charge < -0.3 is 0 Å². The highest BCUT2D eigenvalue weighted by atomic mass is 15.2. The fourth-order valence-electron chi connectivity index (χ4n) is 2.14. The second-order valence-electron chi connectivity index (χ2n) is 3.75. The van der Waals surface area contributed by atoms with Crippen LogP contribution in [-0.4, -0.2) is 23.5 Å². The Bertz CT molecular complexity index is 197. The molecule has 0 saturated carbocycles. The smallest absolute Gasteiger partial charge is 0.0605 e. The summed E-state index contributed by atoms with van der Waals surface area (Å²) >= 11 is 0. The van der Waals surface area contributed by atoms with Gasteiger partial charge in [-0.1, -0.05) is 38.2 Å². The number of rotatable bonds is 1. The van der Waals surface area contributed by atoms with Crippen LogP contribution in [0.5, 0.6) is 0 Å². The highest BCUT2D eigenvalue weighted by Crippen LogP contribution is 2.35. The van der Waals surface area contributed by atoms with Crippen LogP contribution in [0.15, 0.2) is 24.3 Å². The maximum absolute atomic E-state index is 2.51. The van der Waals surface area contributed by atoms with Gasteiger partial charge in [0.25, 0.3) is 0 Å². The molecule has 1 nitrogen and oxygen atoms in total. The highest BCUT2D eigenvalue weighted by molar-refractivity contribution is 5.30. The number of fused-ring (bicyclic) bond motifs is 1. The summed E-state index contributed by atoms with van der Waals surface area (Å²) in [5.74, 6) is 0.694. The summed E-state index contributed by atoms with van der Waals surface area (Å²) in [6.07, 6.45) is 9.26. The van der Waals surface area contributed by atoms with E-state index in [1.165, 1.54) is 0 Å². The lowest BCUT2D eigenvalue weighted by Gasteiger charge is -2.34. The zero-order chi connectivity index (χ0) is 7.90. The van der Waals surface area contributed by atoms with Gasteiger partial charge in [0, 0.05) is 13.1 Å². The van der Waals surface area contributed by atoms with E-state index >= 15 is 0 Å². The lowest BCUT2D eigenvalue weighted by Crippen LogP contribution is -2.43. The molecule has 0 amide bonds. The van der Waals surface area contributed by atoms with E-state index in [4.69, 9.17) is 0 Å². The second-order valence-corrected chi connectivity index (χ2v) is 3.75. The summed E-state index contributed by atoms with van der Waals surface area (Å²) in [6, 6.07) is 0. The Hall–Kier alpha value is -0.560. The molecule has 2 heterocycles. The van der Waals surface area contributed by atoms with Crippen LogP contribution < -0.4 is 0 Å². The van der Waals surface area contributed by atoms with Gasteiger partial charge in [0.1, 0.15) is 0 Å². The first-order chi connectivity index (χ1) is 5.26. The third kappa shape index (κ3) is 0.807. The molecule has 0 aromatic heterocycles. The molecule has 0 spiro atoms. The predicted octanol–water partition coefficient (Wildman–Crippen LogP) is 1.82. The molecule has 2 aliphatic heterocycles. The van der Waals surface area contributed by atoms with E-state index in [2.05, 4.69) is 43.1 Å². The van der Waals surface area contributed by atoms with Gasteiger partial charge in [0.15, 0.2) is 0 Å². The Kier molecular flexibility index (Phi) is 1.43. The second kappa shape index (κ2) is 2.21. The Balaban J connectivity index is 2.33. The van der Waals surface area contributed by atoms with Crippen molar-refractivity contribution >= 4 is 0 Å². The van der Waals surface area contributed by atoms with Crippen LogP contribution in [0.3, 0.4) is 0 Å². The molecule has 0 bridgehead atoms. The number of hydrogen-bond acceptors (Lipinski definition) is 1. The third-order valence-corrected chi connectivity index (χ3v) is 2.89. The minimum atomic E-state index is 0.278. The summed E-state index contributed by atoms with van der Waals surface area (Å²) in [5.41, 5.74) is 0.278. The van der Waals surface area contributed by atoms with Gasteiger partial charge in [0.2, 0.25) is 0 Å². The Morgan fingerprint density at radius 3 is 2.09 bits per heavy atom. The summed E-state index contributed by atoms with van der Waals surface area (Å²) in [5, 5.41) is 0. The summed E-state index contributed by atoms with van der Waals surface area (Å²) in [4.78, 5) is 2.51. The SMILES string of the molecule is CC(C)C12C=CCN1CC=C2. The van der Waals surface area contributed by atoms with Crippen molar-refractivity contribution in [2.24, 2.45) is 5.92 Å². The molecular weight excluding hydrogens is 134 g/mol. The monoisotopic (exact) mass is 149 g/mol. The molecule has 0 aromatic rings. The molecule has 0 fully saturated rings. The molecule has 2 aliphatic rings. The van der Waals surface area contributed by atoms with Crippen molar-refractivity contribution in [2.75, 3.05) is 13.1 Å². The average molecular weight is 149 g/mol. The largest absolute Gasteiger partial charge is 0.283 e. The average Bonchev–Trinajstić information content (AvgIpc) is 2.40. The zero-order valence-corrected chi connectivity index (χ0v) is 7.25. The lowest BCUT2D eigenvalue weighted by atomic mass is 9.88. The zero-order valence-electron chi connectivity index (χ0n) is 7.25. The number of hydrogen-bond donors (Lipinski definition) is 0. The molecule has 0 radical (unpaired) electrons. The lowest BCUT2D eigenvalue weighted by molar-refractivity contribution is 0.195. The molecule has 0 saturated heterocycles. The van der Waals surface area contributed by atoms with Gasteiger partial charge in [-0.15, -0.1) is 0 Å². The molecule has 0 unspecified atom stereocenters. The highest BCUT2D eigenvalue weighted by Gasteiger charge is 2.39. The molecule has 1 heteroatoms. The first kappa shape index (κ1) is 7.11. The normalized spacial score (nSPS) is 26.8. The summed E-state index contributed by atoms with van der Waals surface area (Å²) in [7, 11) is 0. The van der Waals surface area contributed by atoms with Gasteiger partial charge in [0.05, 0.1) is 5.54 Å². The molecule has 60 valence electrons. The molecule has 0 N–H and O–H groups in total. The molecule has 2 rings (SSSR count). The van der Waals surface area contributed by atoms with Crippen LogP contribution in [0.1, 0.15) is 13.8 Å². The van der Waals surface area contributed by atoms with Crippen LogP contribution in [0.25, 0.3) is 0 Å². The first-order valence-corrected chi connectivity index (χ1v) is 4.36. The topological polar surface area (TPSA) is 3.24 Å². The number of nitrogens with zero attached hydrogens (tertiary/aromatic N) is 1. The van der Waals surface area contributed by atoms with E-state index in [9.17, 15) is 0 Å². The van der Waals surface area contributed by atoms with Crippen molar-refractivity contribution in [1.29, 1.82) is 0 Å². The minimum Gasteiger partial charge on any atom is -0.283 e. The van der Waals surface area contributed by atoms with Crippen molar-refractivity contribution in [2.45, 2.75) is 19.4 Å². The van der Waals surface area contributed by atoms with Crippen LogP contribution >= 0.6 is 0 Å². The minimum absolute atomic E-state index is 0.278. The van der Waals surface area contributed by atoms with E-state index in [1.807, 2.05) is 0 Å². The van der Waals surface area contributed by atoms with Crippen molar-refractivity contribution < 1.29 is 0 Å². The van der Waals surface area contributed by atoms with Crippen LogP contribution in [-0.2, 0) is 0 Å². The standard InChI is InChI=1S/C10H15N/c1-9(2)10-5-3-7-11(10)8-4-6-10/h3-6,9H,7-8H2,1-2H3. The molecule has 0 aliphatic carbocycles. The molecular formula is C10H15N. The van der Waals surface area contributed by atoms with Crippen LogP contribution in [0.4, 0.5) is 0 Å². The maximum atomic E-state index is 2.51. The van der Waals surface area contributed by atoms with Crippen LogP contribution in [0, 0.1) is 5.92 Å². The van der Waals surface area contributed by atoms with Gasteiger partial charge in [-0.3, -0.25) is 4.90 Å². The molecule has 11 heavy (non-hydrogen) atoms.